The third kappa shape index (κ3) is 1.23. The highest BCUT2D eigenvalue weighted by atomic mass is 16.1. The fraction of sp³-hybridized carbons (Fsp3) is 0.933. The Morgan fingerprint density at radius 1 is 1.29 bits per heavy atom. The van der Waals surface area contributed by atoms with E-state index in [1.165, 1.54) is 25.8 Å². The average Bonchev–Trinajstić information content (AvgIpc) is 2.64. The lowest BCUT2D eigenvalue weighted by atomic mass is 9.74. The first-order valence-corrected chi connectivity index (χ1v) is 7.38. The van der Waals surface area contributed by atoms with Gasteiger partial charge in [0.05, 0.1) is 6.04 Å². The van der Waals surface area contributed by atoms with Crippen molar-refractivity contribution in [3.63, 3.8) is 0 Å². The number of hydrogen-bond acceptors (Lipinski definition) is 2. The van der Waals surface area contributed by atoms with Crippen LogP contribution in [0.1, 0.15) is 52.9 Å². The minimum Gasteiger partial charge on any atom is -0.298 e. The molecule has 1 unspecified atom stereocenters. The van der Waals surface area contributed by atoms with E-state index in [0.29, 0.717) is 23.0 Å². The number of rotatable bonds is 3. The molecule has 2 spiro atoms. The number of fused-ring (bicyclic) bond motifs is 1. The van der Waals surface area contributed by atoms with Gasteiger partial charge in [-0.3, -0.25) is 9.69 Å². The van der Waals surface area contributed by atoms with Crippen molar-refractivity contribution in [1.29, 1.82) is 0 Å². The predicted molar refractivity (Wildman–Crippen MR) is 68.8 cm³/mol. The van der Waals surface area contributed by atoms with Crippen LogP contribution in [-0.2, 0) is 4.79 Å². The summed E-state index contributed by atoms with van der Waals surface area (Å²) in [5, 5.41) is 0. The number of carbonyl (C=O) groups excluding carboxylic acids is 1. The Balaban J connectivity index is 1.81. The molecule has 0 aromatic rings. The van der Waals surface area contributed by atoms with E-state index in [1.54, 1.807) is 0 Å². The molecule has 1 saturated heterocycles. The minimum absolute atomic E-state index is 0.243. The van der Waals surface area contributed by atoms with Gasteiger partial charge in [-0.05, 0) is 42.6 Å². The van der Waals surface area contributed by atoms with Crippen molar-refractivity contribution < 1.29 is 4.79 Å². The van der Waals surface area contributed by atoms with Gasteiger partial charge in [0, 0.05) is 13.0 Å². The molecule has 3 atom stereocenters. The topological polar surface area (TPSA) is 20.3 Å². The minimum atomic E-state index is 0.243. The summed E-state index contributed by atoms with van der Waals surface area (Å²) < 4.78 is 0. The van der Waals surface area contributed by atoms with Gasteiger partial charge in [0.15, 0.2) is 0 Å². The highest BCUT2D eigenvalue weighted by Gasteiger charge is 2.77. The second-order valence-corrected chi connectivity index (χ2v) is 6.49. The Labute approximate surface area is 105 Å². The Morgan fingerprint density at radius 2 is 2.00 bits per heavy atom. The average molecular weight is 235 g/mol. The third-order valence-corrected chi connectivity index (χ3v) is 6.42. The second kappa shape index (κ2) is 3.57. The molecule has 1 aliphatic heterocycles. The van der Waals surface area contributed by atoms with Crippen LogP contribution in [0.4, 0.5) is 0 Å². The molecular formula is C15H25NO. The standard InChI is InChI=1S/C15H25NO/c1-4-13(17)12-9-15(10-16(12)5-2)11(3)14(15)7-6-8-14/h11-12H,4-10H2,1-3H3/t11?,12-,15-/m0/s1. The van der Waals surface area contributed by atoms with Crippen molar-refractivity contribution in [2.45, 2.75) is 58.9 Å². The first-order chi connectivity index (χ1) is 8.11. The van der Waals surface area contributed by atoms with Crippen LogP contribution in [0.25, 0.3) is 0 Å². The summed E-state index contributed by atoms with van der Waals surface area (Å²) in [7, 11) is 0. The number of ketones is 1. The maximum absolute atomic E-state index is 12.1. The Bertz CT molecular complexity index is 347. The lowest BCUT2D eigenvalue weighted by Gasteiger charge is -2.31. The summed E-state index contributed by atoms with van der Waals surface area (Å²) in [6.45, 7) is 8.89. The molecular weight excluding hydrogens is 210 g/mol. The fourth-order valence-corrected chi connectivity index (χ4v) is 5.04. The van der Waals surface area contributed by atoms with Gasteiger partial charge in [-0.1, -0.05) is 27.2 Å². The van der Waals surface area contributed by atoms with E-state index in [4.69, 9.17) is 0 Å². The molecule has 0 N–H and O–H groups in total. The molecule has 3 aliphatic rings. The SMILES string of the molecule is CCC(=O)[C@@H]1C[C@]2(CN1CC)C(C)C21CCC1. The summed E-state index contributed by atoms with van der Waals surface area (Å²) in [4.78, 5) is 14.5. The summed E-state index contributed by atoms with van der Waals surface area (Å²) in [6.07, 6.45) is 6.15. The zero-order valence-electron chi connectivity index (χ0n) is 11.5. The Hall–Kier alpha value is -0.370. The highest BCUT2D eigenvalue weighted by Crippen LogP contribution is 2.81. The molecule has 0 radical (unpaired) electrons. The van der Waals surface area contributed by atoms with Crippen molar-refractivity contribution >= 4 is 5.78 Å². The van der Waals surface area contributed by atoms with Crippen molar-refractivity contribution in [1.82, 2.24) is 4.90 Å². The van der Waals surface area contributed by atoms with Gasteiger partial charge in [0.2, 0.25) is 0 Å². The van der Waals surface area contributed by atoms with Crippen LogP contribution in [0.5, 0.6) is 0 Å². The molecule has 2 heteroatoms. The number of hydrogen-bond donors (Lipinski definition) is 0. The van der Waals surface area contributed by atoms with Crippen molar-refractivity contribution in [3.05, 3.63) is 0 Å². The number of nitrogens with zero attached hydrogens (tertiary/aromatic N) is 1. The van der Waals surface area contributed by atoms with Gasteiger partial charge in [-0.2, -0.15) is 0 Å². The number of likely N-dealkylation sites (N-methyl/N-ethyl adjacent to an activating group) is 1. The zero-order chi connectivity index (χ0) is 12.3. The van der Waals surface area contributed by atoms with E-state index < -0.39 is 0 Å². The maximum atomic E-state index is 12.1. The van der Waals surface area contributed by atoms with E-state index in [-0.39, 0.29) is 6.04 Å². The molecule has 17 heavy (non-hydrogen) atoms. The van der Waals surface area contributed by atoms with Crippen LogP contribution in [-0.4, -0.2) is 29.8 Å². The lowest BCUT2D eigenvalue weighted by molar-refractivity contribution is -0.123. The maximum Gasteiger partial charge on any atom is 0.149 e. The molecule has 2 aliphatic carbocycles. The number of Topliss-reactive ketones (excluding diaryl/α,β-unsaturated/α-hetero) is 1. The van der Waals surface area contributed by atoms with E-state index >= 15 is 0 Å². The van der Waals surface area contributed by atoms with Crippen LogP contribution in [0.15, 0.2) is 0 Å². The molecule has 1 heterocycles. The van der Waals surface area contributed by atoms with Crippen LogP contribution in [0, 0.1) is 16.7 Å². The summed E-state index contributed by atoms with van der Waals surface area (Å²) in [5.74, 6) is 1.34. The molecule has 0 amide bonds. The molecule has 2 nitrogen and oxygen atoms in total. The highest BCUT2D eigenvalue weighted by molar-refractivity contribution is 5.84. The van der Waals surface area contributed by atoms with E-state index in [0.717, 1.165) is 18.9 Å². The summed E-state index contributed by atoms with van der Waals surface area (Å²) in [5.41, 5.74) is 1.18. The van der Waals surface area contributed by atoms with Crippen molar-refractivity contribution in [2.75, 3.05) is 13.1 Å². The first kappa shape index (κ1) is 11.7. The van der Waals surface area contributed by atoms with Gasteiger partial charge in [0.25, 0.3) is 0 Å². The van der Waals surface area contributed by atoms with E-state index in [1.807, 2.05) is 6.92 Å². The Morgan fingerprint density at radius 3 is 2.41 bits per heavy atom. The molecule has 3 rings (SSSR count). The van der Waals surface area contributed by atoms with Gasteiger partial charge in [0.1, 0.15) is 5.78 Å². The molecule has 0 bridgehead atoms. The third-order valence-electron chi connectivity index (χ3n) is 6.42. The normalized spacial score (nSPS) is 43.0. The number of likely N-dealkylation sites (tertiary alicyclic amines) is 1. The quantitative estimate of drug-likeness (QED) is 0.749. The van der Waals surface area contributed by atoms with Gasteiger partial charge < -0.3 is 0 Å². The van der Waals surface area contributed by atoms with Crippen molar-refractivity contribution in [3.8, 4) is 0 Å². The Kier molecular flexibility index (Phi) is 2.46. The van der Waals surface area contributed by atoms with Gasteiger partial charge >= 0.3 is 0 Å². The van der Waals surface area contributed by atoms with E-state index in [2.05, 4.69) is 18.7 Å². The number of carbonyl (C=O) groups is 1. The smallest absolute Gasteiger partial charge is 0.149 e. The van der Waals surface area contributed by atoms with Crippen LogP contribution in [0.3, 0.4) is 0 Å². The van der Waals surface area contributed by atoms with Gasteiger partial charge in [-0.15, -0.1) is 0 Å². The monoisotopic (exact) mass is 235 g/mol. The molecule has 0 aromatic carbocycles. The first-order valence-electron chi connectivity index (χ1n) is 7.38. The van der Waals surface area contributed by atoms with Crippen LogP contribution >= 0.6 is 0 Å². The molecule has 2 saturated carbocycles. The summed E-state index contributed by atoms with van der Waals surface area (Å²) >= 11 is 0. The van der Waals surface area contributed by atoms with Gasteiger partial charge in [-0.25, -0.2) is 0 Å². The van der Waals surface area contributed by atoms with E-state index in [9.17, 15) is 4.79 Å². The lowest BCUT2D eigenvalue weighted by Crippen LogP contribution is -2.35. The fourth-order valence-electron chi connectivity index (χ4n) is 5.04. The van der Waals surface area contributed by atoms with Crippen LogP contribution < -0.4 is 0 Å². The summed E-state index contributed by atoms with van der Waals surface area (Å²) in [6, 6.07) is 0.243. The predicted octanol–water partition coefficient (Wildman–Crippen LogP) is 2.87. The molecule has 96 valence electrons. The zero-order valence-corrected chi connectivity index (χ0v) is 11.5. The largest absolute Gasteiger partial charge is 0.298 e. The molecule has 0 aromatic heterocycles. The second-order valence-electron chi connectivity index (χ2n) is 6.49. The molecule has 3 fully saturated rings. The van der Waals surface area contributed by atoms with Crippen molar-refractivity contribution in [2.24, 2.45) is 16.7 Å². The van der Waals surface area contributed by atoms with Crippen LogP contribution in [0.2, 0.25) is 0 Å².